The van der Waals surface area contributed by atoms with Crippen LogP contribution in [-0.2, 0) is 16.1 Å². The molecule has 1 spiro atoms. The summed E-state index contributed by atoms with van der Waals surface area (Å²) < 4.78 is 11.1. The van der Waals surface area contributed by atoms with Crippen molar-refractivity contribution in [2.75, 3.05) is 26.8 Å². The van der Waals surface area contributed by atoms with Gasteiger partial charge in [0.25, 0.3) is 5.91 Å². The first-order valence-electron chi connectivity index (χ1n) is 10.5. The van der Waals surface area contributed by atoms with E-state index < -0.39 is 11.6 Å². The fourth-order valence-corrected chi connectivity index (χ4v) is 4.27. The van der Waals surface area contributed by atoms with Gasteiger partial charge in [-0.15, -0.1) is 0 Å². The summed E-state index contributed by atoms with van der Waals surface area (Å²) in [6.45, 7) is 2.21. The van der Waals surface area contributed by atoms with E-state index in [1.807, 2.05) is 30.1 Å². The molecular weight excluding hydrogens is 388 g/mol. The van der Waals surface area contributed by atoms with Crippen molar-refractivity contribution < 1.29 is 23.9 Å². The molecule has 9 nitrogen and oxygen atoms in total. The summed E-state index contributed by atoms with van der Waals surface area (Å²) >= 11 is 0. The van der Waals surface area contributed by atoms with E-state index in [1.165, 1.54) is 0 Å². The van der Waals surface area contributed by atoms with Crippen LogP contribution in [0.2, 0.25) is 0 Å². The Bertz CT molecular complexity index is 837. The van der Waals surface area contributed by atoms with Gasteiger partial charge in [0.1, 0.15) is 18.8 Å². The Morgan fingerprint density at radius 2 is 1.90 bits per heavy atom. The molecule has 1 saturated heterocycles. The van der Waals surface area contributed by atoms with Gasteiger partial charge in [-0.2, -0.15) is 5.01 Å². The Morgan fingerprint density at radius 3 is 2.67 bits per heavy atom. The third kappa shape index (κ3) is 4.21. The molecule has 3 aliphatic rings. The predicted molar refractivity (Wildman–Crippen MR) is 108 cm³/mol. The SMILES string of the molecule is CN(CCC(=O)NN1C(=O)NC2(CCCCC2)C1=O)Cc1ccc2c(c1)OCCO2. The van der Waals surface area contributed by atoms with Gasteiger partial charge in [-0.3, -0.25) is 15.0 Å². The van der Waals surface area contributed by atoms with Crippen molar-refractivity contribution in [2.24, 2.45) is 0 Å². The number of urea groups is 1. The first-order valence-corrected chi connectivity index (χ1v) is 10.5. The van der Waals surface area contributed by atoms with Crippen molar-refractivity contribution >= 4 is 17.8 Å². The number of amides is 4. The number of rotatable bonds is 6. The highest BCUT2D eigenvalue weighted by atomic mass is 16.6. The van der Waals surface area contributed by atoms with E-state index >= 15 is 0 Å². The molecule has 2 aliphatic heterocycles. The van der Waals surface area contributed by atoms with E-state index in [2.05, 4.69) is 10.7 Å². The van der Waals surface area contributed by atoms with Gasteiger partial charge in [-0.1, -0.05) is 25.3 Å². The third-order valence-electron chi connectivity index (χ3n) is 5.89. The van der Waals surface area contributed by atoms with Gasteiger partial charge < -0.3 is 19.7 Å². The maximum absolute atomic E-state index is 12.7. The molecule has 162 valence electrons. The van der Waals surface area contributed by atoms with Crippen molar-refractivity contribution in [3.05, 3.63) is 23.8 Å². The fourth-order valence-electron chi connectivity index (χ4n) is 4.27. The molecule has 1 aromatic rings. The quantitative estimate of drug-likeness (QED) is 0.683. The van der Waals surface area contributed by atoms with Gasteiger partial charge in [0.2, 0.25) is 5.91 Å². The maximum Gasteiger partial charge on any atom is 0.344 e. The minimum absolute atomic E-state index is 0.172. The number of nitrogens with zero attached hydrogens (tertiary/aromatic N) is 2. The van der Waals surface area contributed by atoms with Crippen LogP contribution in [0.15, 0.2) is 18.2 Å². The first-order chi connectivity index (χ1) is 14.5. The smallest absolute Gasteiger partial charge is 0.344 e. The molecule has 9 heteroatoms. The number of hydrazine groups is 1. The average molecular weight is 416 g/mol. The monoisotopic (exact) mass is 416 g/mol. The Kier molecular flexibility index (Phi) is 5.80. The largest absolute Gasteiger partial charge is 0.486 e. The third-order valence-corrected chi connectivity index (χ3v) is 5.89. The summed E-state index contributed by atoms with van der Waals surface area (Å²) in [6, 6.07) is 5.27. The Balaban J connectivity index is 1.26. The zero-order chi connectivity index (χ0) is 21.1. The molecule has 4 rings (SSSR count). The normalized spacial score (nSPS) is 19.9. The first kappa shape index (κ1) is 20.5. The van der Waals surface area contributed by atoms with E-state index in [-0.39, 0.29) is 18.2 Å². The fraction of sp³-hybridized carbons (Fsp3) is 0.571. The summed E-state index contributed by atoms with van der Waals surface area (Å²) in [4.78, 5) is 39.3. The van der Waals surface area contributed by atoms with Crippen molar-refractivity contribution in [3.8, 4) is 11.5 Å². The second kappa shape index (κ2) is 8.51. The second-order valence-corrected chi connectivity index (χ2v) is 8.21. The van der Waals surface area contributed by atoms with Crippen LogP contribution in [0.3, 0.4) is 0 Å². The molecule has 0 bridgehead atoms. The predicted octanol–water partition coefficient (Wildman–Crippen LogP) is 1.57. The number of imide groups is 1. The summed E-state index contributed by atoms with van der Waals surface area (Å²) in [6.07, 6.45) is 4.29. The van der Waals surface area contributed by atoms with Crippen LogP contribution in [0.5, 0.6) is 11.5 Å². The van der Waals surface area contributed by atoms with Gasteiger partial charge in [-0.25, -0.2) is 4.79 Å². The molecular formula is C21H28N4O5. The van der Waals surface area contributed by atoms with Crippen molar-refractivity contribution in [1.29, 1.82) is 0 Å². The number of benzene rings is 1. The number of fused-ring (bicyclic) bond motifs is 1. The highest BCUT2D eigenvalue weighted by Crippen LogP contribution is 2.33. The molecule has 2 N–H and O–H groups in total. The standard InChI is InChI=1S/C21H28N4O5/c1-24(14-15-5-6-16-17(13-15)30-12-11-29-16)10-7-18(26)23-25-19(27)21(22-20(25)28)8-3-2-4-9-21/h5-6,13H,2-4,7-12,14H2,1H3,(H,22,28)(H,23,26). The lowest BCUT2D eigenvalue weighted by Crippen LogP contribution is -2.51. The van der Waals surface area contributed by atoms with E-state index in [0.29, 0.717) is 39.1 Å². The van der Waals surface area contributed by atoms with Crippen molar-refractivity contribution in [2.45, 2.75) is 50.6 Å². The lowest BCUT2D eigenvalue weighted by molar-refractivity contribution is -0.140. The molecule has 0 aromatic heterocycles. The van der Waals surface area contributed by atoms with Crippen molar-refractivity contribution in [1.82, 2.24) is 20.7 Å². The van der Waals surface area contributed by atoms with Crippen LogP contribution in [0.4, 0.5) is 4.79 Å². The molecule has 1 aliphatic carbocycles. The van der Waals surface area contributed by atoms with E-state index in [0.717, 1.165) is 41.3 Å². The molecule has 30 heavy (non-hydrogen) atoms. The van der Waals surface area contributed by atoms with E-state index in [4.69, 9.17) is 9.47 Å². The second-order valence-electron chi connectivity index (χ2n) is 8.21. The lowest BCUT2D eigenvalue weighted by Gasteiger charge is -2.30. The number of hydrogen-bond donors (Lipinski definition) is 2. The number of ether oxygens (including phenoxy) is 2. The number of hydrogen-bond acceptors (Lipinski definition) is 6. The zero-order valence-corrected chi connectivity index (χ0v) is 17.2. The van der Waals surface area contributed by atoms with Crippen LogP contribution in [0.1, 0.15) is 44.1 Å². The lowest BCUT2D eigenvalue weighted by atomic mass is 9.82. The minimum atomic E-state index is -0.836. The summed E-state index contributed by atoms with van der Waals surface area (Å²) in [5.74, 6) is 0.780. The summed E-state index contributed by atoms with van der Waals surface area (Å²) in [5, 5.41) is 3.64. The highest BCUT2D eigenvalue weighted by Gasteiger charge is 2.52. The van der Waals surface area contributed by atoms with Crippen LogP contribution in [0.25, 0.3) is 0 Å². The molecule has 2 fully saturated rings. The van der Waals surface area contributed by atoms with Crippen LogP contribution in [-0.4, -0.2) is 60.1 Å². The van der Waals surface area contributed by atoms with Gasteiger partial charge in [0.05, 0.1) is 0 Å². The molecule has 1 aromatic carbocycles. The van der Waals surface area contributed by atoms with Crippen LogP contribution >= 0.6 is 0 Å². The average Bonchev–Trinajstić information content (AvgIpc) is 2.96. The van der Waals surface area contributed by atoms with Crippen LogP contribution < -0.4 is 20.2 Å². The zero-order valence-electron chi connectivity index (χ0n) is 17.2. The number of nitrogens with one attached hydrogen (secondary N) is 2. The topological polar surface area (TPSA) is 100 Å². The van der Waals surface area contributed by atoms with Gasteiger partial charge >= 0.3 is 6.03 Å². The summed E-state index contributed by atoms with van der Waals surface area (Å²) in [5.41, 5.74) is 2.70. The van der Waals surface area contributed by atoms with Gasteiger partial charge in [-0.05, 0) is 37.6 Å². The molecule has 2 heterocycles. The van der Waals surface area contributed by atoms with E-state index in [1.54, 1.807) is 0 Å². The maximum atomic E-state index is 12.7. The number of carbonyl (C=O) groups is 3. The van der Waals surface area contributed by atoms with Gasteiger partial charge in [0, 0.05) is 19.5 Å². The highest BCUT2D eigenvalue weighted by molar-refractivity contribution is 6.08. The Hall–Kier alpha value is -2.81. The summed E-state index contributed by atoms with van der Waals surface area (Å²) in [7, 11) is 1.91. The van der Waals surface area contributed by atoms with Crippen LogP contribution in [0, 0.1) is 0 Å². The molecule has 0 atom stereocenters. The molecule has 1 saturated carbocycles. The van der Waals surface area contributed by atoms with E-state index in [9.17, 15) is 14.4 Å². The van der Waals surface area contributed by atoms with Crippen molar-refractivity contribution in [3.63, 3.8) is 0 Å². The molecule has 4 amide bonds. The molecule has 0 radical (unpaired) electrons. The number of carbonyl (C=O) groups excluding carboxylic acids is 3. The molecule has 0 unspecified atom stereocenters. The van der Waals surface area contributed by atoms with Gasteiger partial charge in [0.15, 0.2) is 11.5 Å². The Labute approximate surface area is 175 Å². The Morgan fingerprint density at radius 1 is 1.17 bits per heavy atom. The minimum Gasteiger partial charge on any atom is -0.486 e.